The van der Waals surface area contributed by atoms with Gasteiger partial charge in [0.05, 0.1) is 80.7 Å². The number of nitrogens with zero attached hydrogens (tertiary/aromatic N) is 8. The molecule has 17 rings (SSSR count). The Morgan fingerprint density at radius 1 is 0.394 bits per heavy atom. The first-order valence-electron chi connectivity index (χ1n) is 39.8. The molecule has 624 valence electrons. The average Bonchev–Trinajstić information content (AvgIpc) is 0.782. The van der Waals surface area contributed by atoms with Gasteiger partial charge in [-0.3, -0.25) is 29.5 Å². The van der Waals surface area contributed by atoms with Crippen LogP contribution < -0.4 is 18.9 Å². The van der Waals surface area contributed by atoms with E-state index in [1.807, 2.05) is 252 Å². The topological polar surface area (TPSA) is 293 Å². The van der Waals surface area contributed by atoms with Gasteiger partial charge >= 0.3 is 42.7 Å². The Labute approximate surface area is 758 Å². The zero-order valence-corrected chi connectivity index (χ0v) is 72.8. The molecule has 0 aliphatic rings. The maximum atomic E-state index is 11.7. The molecule has 19 heteroatoms. The number of hydrogen-bond acceptors (Lipinski definition) is 16. The van der Waals surface area contributed by atoms with E-state index in [1.165, 1.54) is 44.6 Å². The van der Waals surface area contributed by atoms with Crippen LogP contribution in [0, 0.1) is 59.2 Å². The number of carboxylic acid groups (broad SMARTS) is 1. The van der Waals surface area contributed by atoms with Gasteiger partial charge in [0.15, 0.2) is 0 Å². The van der Waals surface area contributed by atoms with Crippen LogP contribution in [-0.2, 0) is 33.4 Å². The summed E-state index contributed by atoms with van der Waals surface area (Å²) in [6, 6.07) is 89.0. The number of carboxylic acids is 1. The minimum absolute atomic E-state index is 0. The van der Waals surface area contributed by atoms with E-state index in [9.17, 15) is 40.2 Å². The number of nitriles is 4. The fourth-order valence-electron chi connectivity index (χ4n) is 14.9. The first-order chi connectivity index (χ1) is 60.2. The third kappa shape index (κ3) is 22.7. The molecular weight excluding hydrogens is 1640 g/mol. The number of aliphatic carboxylic acids is 1. The van der Waals surface area contributed by atoms with Gasteiger partial charge in [-0.25, -0.2) is 9.59 Å². The summed E-state index contributed by atoms with van der Waals surface area (Å²) in [4.78, 5) is 62.2. The smallest absolute Gasteiger partial charge is 0.870 e. The number of esters is 3. The van der Waals surface area contributed by atoms with Gasteiger partial charge in [-0.05, 0) is 181 Å². The van der Waals surface area contributed by atoms with Gasteiger partial charge in [0.25, 0.3) is 0 Å². The van der Waals surface area contributed by atoms with Crippen molar-refractivity contribution in [3.8, 4) is 68.8 Å². The molecule has 0 radical (unpaired) electrons. The minimum Gasteiger partial charge on any atom is -0.870 e. The van der Waals surface area contributed by atoms with E-state index in [0.717, 1.165) is 157 Å². The number of hydrogen-bond donors (Lipinski definition) is 1. The first kappa shape index (κ1) is 95.7. The van der Waals surface area contributed by atoms with E-state index in [1.54, 1.807) is 13.0 Å². The second kappa shape index (κ2) is 45.3. The summed E-state index contributed by atoms with van der Waals surface area (Å²) >= 11 is 3.55. The van der Waals surface area contributed by atoms with Crippen LogP contribution in [0.1, 0.15) is 110 Å². The first-order valence-corrected chi connectivity index (χ1v) is 40.6. The molecule has 0 amide bonds. The molecule has 0 saturated heterocycles. The van der Waals surface area contributed by atoms with Gasteiger partial charge < -0.3 is 24.8 Å². The van der Waals surface area contributed by atoms with Gasteiger partial charge in [0.2, 0.25) is 0 Å². The zero-order valence-electron chi connectivity index (χ0n) is 71.2. The Bertz CT molecular complexity index is 7190. The molecule has 17 nitrogen and oxygen atoms in total. The van der Waals surface area contributed by atoms with Crippen LogP contribution in [-0.4, -0.2) is 75.7 Å². The molecule has 0 spiro atoms. The van der Waals surface area contributed by atoms with Crippen molar-refractivity contribution in [2.75, 3.05) is 21.3 Å². The predicted octanol–water partition coefficient (Wildman–Crippen LogP) is 22.8. The molecule has 2 unspecified atom stereocenters. The maximum Gasteiger partial charge on any atom is 1.00 e. The van der Waals surface area contributed by atoms with E-state index in [0.29, 0.717) is 28.7 Å². The monoisotopic (exact) mass is 1730 g/mol. The second-order valence-corrected chi connectivity index (χ2v) is 30.3. The van der Waals surface area contributed by atoms with Crippen LogP contribution in [0.15, 0.2) is 315 Å². The van der Waals surface area contributed by atoms with E-state index < -0.39 is 5.97 Å². The number of methoxy groups -OCH3 is 3. The molecule has 4 aromatic heterocycles. The van der Waals surface area contributed by atoms with Gasteiger partial charge in [-0.15, -0.1) is 0 Å². The molecular formula is C108H90BrLiN8O9. The molecule has 17 aromatic rings. The van der Waals surface area contributed by atoms with Crippen molar-refractivity contribution in [2.45, 2.75) is 73.6 Å². The van der Waals surface area contributed by atoms with Crippen LogP contribution in [0.2, 0.25) is 0 Å². The summed E-state index contributed by atoms with van der Waals surface area (Å²) in [5.74, 6) is -1.74. The SMILES string of the molecule is C.C/C=C/C(=O)OC.CC(CC(=O)O)c1ccc2cncc(-c3ccc(C#N)c4ccccc34)c2c1.COC(=O)/C=C(\C)c1ccc2cncc(-c3ccc(C#N)c4ccccc34)c2c1.COC(=O)CC(C)c1ccc2cncc(-c3ccc(C#N)c4ccccc34)c2c1.Cc1ccccc1C.N#Cc1ccc(-c2cncc3ccc(Br)cc23)c2ccccc12.[Li+].[OH-]. The molecule has 0 saturated carbocycles. The van der Waals surface area contributed by atoms with Crippen LogP contribution in [0.3, 0.4) is 0 Å². The van der Waals surface area contributed by atoms with Crippen LogP contribution in [0.4, 0.5) is 0 Å². The van der Waals surface area contributed by atoms with Crippen molar-refractivity contribution in [1.82, 2.24) is 19.9 Å². The Hall–Kier alpha value is -15.1. The van der Waals surface area contributed by atoms with E-state index >= 15 is 0 Å². The van der Waals surface area contributed by atoms with Crippen molar-refractivity contribution in [3.05, 3.63) is 365 Å². The summed E-state index contributed by atoms with van der Waals surface area (Å²) in [5.41, 5.74) is 17.4. The number of benzene rings is 13. The average molecular weight is 1730 g/mol. The van der Waals surface area contributed by atoms with Crippen LogP contribution in [0.25, 0.3) is 136 Å². The predicted molar refractivity (Wildman–Crippen MR) is 508 cm³/mol. The molecule has 2 atom stereocenters. The number of rotatable bonds is 13. The standard InChI is InChI=1S/C25H20N2O2.C25H18N2O2.C24H18N2O2.C20H11BrN2.C8H10.C5H8O2.CH4.Li.H2O/c2*1-16(11-25(28)29-2)17-7-8-19-14-27-15-24(23(19)12-17)22-10-9-18(13-26)20-5-3-4-6-21(20)22;1-15(10-24(27)28)16-6-7-18-13-26-14-23(22(18)11-16)21-9-8-17(12-25)19-4-2-3-5-20(19)21;21-15-7-5-14-11-23-12-20(19(14)9-15)18-8-6-13(10-22)16-3-1-2-4-17(16)18;1-7-5-3-4-6-8(7)2;1-3-4-5(6)7-2;;;/h3-10,12,14-16H,11H2,1-2H3;3-12,14-15H,1-2H3;2-9,11,13-15H,10H2,1H3,(H,27,28);1-9,11-12H;3-6H,1-2H3;3-4H,1-2H3;1H4;;1H2/q;;;;;;;+1;/p-1/b;16-11+;;;;4-3+;;;. The molecule has 0 aliphatic carbocycles. The number of allylic oxidation sites excluding steroid dienone is 2. The number of aromatic nitrogens is 4. The third-order valence-corrected chi connectivity index (χ3v) is 22.1. The quantitative estimate of drug-likeness (QED) is 0.0485. The number of carbonyl (C=O) groups is 4. The molecule has 0 aliphatic heterocycles. The minimum atomic E-state index is -0.805. The van der Waals surface area contributed by atoms with Gasteiger partial charge in [-0.1, -0.05) is 243 Å². The molecule has 2 N–H and O–H groups in total. The molecule has 13 aromatic carbocycles. The van der Waals surface area contributed by atoms with E-state index in [4.69, 9.17) is 14.6 Å². The van der Waals surface area contributed by atoms with Crippen molar-refractivity contribution < 1.29 is 62.8 Å². The Balaban J connectivity index is 0.000000180. The van der Waals surface area contributed by atoms with E-state index in [-0.39, 0.29) is 67.9 Å². The molecule has 127 heavy (non-hydrogen) atoms. The fraction of sp³-hybridized carbons (Fsp3) is 0.130. The number of pyridine rings is 4. The van der Waals surface area contributed by atoms with Crippen molar-refractivity contribution in [1.29, 1.82) is 21.0 Å². The van der Waals surface area contributed by atoms with Gasteiger partial charge in [0.1, 0.15) is 0 Å². The largest absolute Gasteiger partial charge is 1.00 e. The summed E-state index contributed by atoms with van der Waals surface area (Å²) < 4.78 is 14.9. The Morgan fingerprint density at radius 3 is 1.02 bits per heavy atom. The summed E-state index contributed by atoms with van der Waals surface area (Å²) in [6.07, 6.45) is 19.7. The molecule has 0 bridgehead atoms. The van der Waals surface area contributed by atoms with Crippen LogP contribution >= 0.6 is 15.9 Å². The Kier molecular flexibility index (Phi) is 34.2. The summed E-state index contributed by atoms with van der Waals surface area (Å²) in [7, 11) is 4.13. The number of halogens is 1. The Morgan fingerprint density at radius 2 is 0.709 bits per heavy atom. The van der Waals surface area contributed by atoms with Crippen molar-refractivity contribution in [2.24, 2.45) is 0 Å². The van der Waals surface area contributed by atoms with Crippen molar-refractivity contribution in [3.63, 3.8) is 0 Å². The number of fused-ring (bicyclic) bond motifs is 8. The van der Waals surface area contributed by atoms with Gasteiger partial charge in [-0.2, -0.15) is 21.0 Å². The second-order valence-electron chi connectivity index (χ2n) is 29.4. The summed E-state index contributed by atoms with van der Waals surface area (Å²) in [5, 5.41) is 63.0. The molecule has 4 heterocycles. The zero-order chi connectivity index (χ0) is 87.9. The maximum absolute atomic E-state index is 11.7. The third-order valence-electron chi connectivity index (χ3n) is 21.6. The van der Waals surface area contributed by atoms with Gasteiger partial charge in [0, 0.05) is 132 Å². The van der Waals surface area contributed by atoms with E-state index in [2.05, 4.69) is 139 Å². The number of carbonyl (C=O) groups excluding carboxylic acids is 3. The number of ether oxygens (including phenoxy) is 3. The molecule has 0 fully saturated rings. The normalized spacial score (nSPS) is 11.0. The van der Waals surface area contributed by atoms with Crippen LogP contribution in [0.5, 0.6) is 0 Å². The fourth-order valence-corrected chi connectivity index (χ4v) is 15.3. The van der Waals surface area contributed by atoms with Crippen molar-refractivity contribution >= 4 is 132 Å². The number of aryl methyl sites for hydroxylation is 2. The summed E-state index contributed by atoms with van der Waals surface area (Å²) in [6.45, 7) is 11.8.